The van der Waals surface area contributed by atoms with Crippen molar-refractivity contribution in [1.29, 1.82) is 0 Å². The lowest BCUT2D eigenvalue weighted by Gasteiger charge is -2.34. The monoisotopic (exact) mass is 661 g/mol. The molecule has 4 aromatic carbocycles. The van der Waals surface area contributed by atoms with Crippen LogP contribution in [0.25, 0.3) is 0 Å². The molecule has 0 radical (unpaired) electrons. The van der Waals surface area contributed by atoms with Gasteiger partial charge in [0.2, 0.25) is 11.8 Å². The van der Waals surface area contributed by atoms with Gasteiger partial charge < -0.3 is 15.0 Å². The van der Waals surface area contributed by atoms with Gasteiger partial charge in [-0.25, -0.2) is 8.42 Å². The second kappa shape index (κ2) is 15.8. The van der Waals surface area contributed by atoms with Crippen molar-refractivity contribution in [3.63, 3.8) is 0 Å². The molecular weight excluding hydrogens is 622 g/mol. The van der Waals surface area contributed by atoms with Crippen molar-refractivity contribution >= 4 is 39.1 Å². The Morgan fingerprint density at radius 3 is 2.13 bits per heavy atom. The second-order valence-electron chi connectivity index (χ2n) is 11.2. The number of rotatable bonds is 14. The molecule has 2 amide bonds. The molecule has 0 heterocycles. The van der Waals surface area contributed by atoms with Crippen LogP contribution in [0, 0.1) is 6.92 Å². The second-order valence-corrected chi connectivity index (χ2v) is 13.5. The van der Waals surface area contributed by atoms with Gasteiger partial charge in [0.25, 0.3) is 10.0 Å². The third-order valence-electron chi connectivity index (χ3n) is 7.75. The number of nitrogens with zero attached hydrogens (tertiary/aromatic N) is 2. The van der Waals surface area contributed by atoms with Gasteiger partial charge in [-0.05, 0) is 73.4 Å². The van der Waals surface area contributed by atoms with Crippen molar-refractivity contribution in [2.75, 3.05) is 18.0 Å². The van der Waals surface area contributed by atoms with Crippen LogP contribution in [0.2, 0.25) is 5.02 Å². The molecule has 0 aliphatic rings. The molecule has 46 heavy (non-hydrogen) atoms. The van der Waals surface area contributed by atoms with E-state index in [1.807, 2.05) is 51.1 Å². The predicted octanol–water partition coefficient (Wildman–Crippen LogP) is 6.41. The highest BCUT2D eigenvalue weighted by molar-refractivity contribution is 7.92. The number of benzene rings is 4. The van der Waals surface area contributed by atoms with E-state index in [1.54, 1.807) is 60.7 Å². The summed E-state index contributed by atoms with van der Waals surface area (Å²) in [5, 5.41) is 3.57. The number of sulfonamides is 1. The van der Waals surface area contributed by atoms with Crippen LogP contribution in [0.1, 0.15) is 37.0 Å². The smallest absolute Gasteiger partial charge is 0.264 e. The number of ether oxygens (including phenoxy) is 1. The van der Waals surface area contributed by atoms with Gasteiger partial charge in [-0.1, -0.05) is 85.3 Å². The Hall–Kier alpha value is -4.34. The summed E-state index contributed by atoms with van der Waals surface area (Å²) in [7, 11) is -2.80. The molecule has 0 aliphatic heterocycles. The molecule has 0 spiro atoms. The normalized spacial score (nSPS) is 12.5. The number of carbonyl (C=O) groups excluding carboxylic acids is 2. The van der Waals surface area contributed by atoms with Crippen molar-refractivity contribution in [1.82, 2.24) is 10.2 Å². The highest BCUT2D eigenvalue weighted by Gasteiger charge is 2.35. The van der Waals surface area contributed by atoms with Gasteiger partial charge >= 0.3 is 0 Å². The number of halogens is 1. The lowest BCUT2D eigenvalue weighted by atomic mass is 10.0. The Balaban J connectivity index is 1.84. The SMILES string of the molecule is CC[C@H](C)NC(=O)[C@@H](Cc1ccccc1)N(Cc1ccc(Cl)cc1)C(=O)CN(c1cc(C)ccc1OC)S(=O)(=O)c1ccccc1. The summed E-state index contributed by atoms with van der Waals surface area (Å²) in [6.45, 7) is 5.18. The van der Waals surface area contributed by atoms with E-state index in [0.717, 1.165) is 21.0 Å². The van der Waals surface area contributed by atoms with Crippen LogP contribution in [0.4, 0.5) is 5.69 Å². The third-order valence-corrected chi connectivity index (χ3v) is 9.78. The first-order valence-corrected chi connectivity index (χ1v) is 17.0. The fraction of sp³-hybridized carbons (Fsp3) is 0.278. The Labute approximate surface area is 277 Å². The Kier molecular flexibility index (Phi) is 11.8. The van der Waals surface area contributed by atoms with E-state index in [2.05, 4.69) is 5.32 Å². The zero-order chi connectivity index (χ0) is 33.3. The van der Waals surface area contributed by atoms with Crippen LogP contribution in [0.15, 0.2) is 108 Å². The van der Waals surface area contributed by atoms with Gasteiger partial charge in [0.1, 0.15) is 18.3 Å². The molecule has 0 aromatic heterocycles. The van der Waals surface area contributed by atoms with Crippen molar-refractivity contribution < 1.29 is 22.7 Å². The quantitative estimate of drug-likeness (QED) is 0.169. The fourth-order valence-corrected chi connectivity index (χ4v) is 6.57. The third kappa shape index (κ3) is 8.68. The number of anilines is 1. The summed E-state index contributed by atoms with van der Waals surface area (Å²) in [5.74, 6) is -0.595. The zero-order valence-corrected chi connectivity index (χ0v) is 28.1. The summed E-state index contributed by atoms with van der Waals surface area (Å²) in [4.78, 5) is 30.1. The Morgan fingerprint density at radius 1 is 0.891 bits per heavy atom. The summed E-state index contributed by atoms with van der Waals surface area (Å²) in [5.41, 5.74) is 2.59. The van der Waals surface area contributed by atoms with Crippen LogP contribution >= 0.6 is 11.6 Å². The molecule has 10 heteroatoms. The summed E-state index contributed by atoms with van der Waals surface area (Å²) in [6.07, 6.45) is 0.923. The van der Waals surface area contributed by atoms with Crippen LogP contribution in [-0.4, -0.2) is 50.9 Å². The molecular formula is C36H40ClN3O5S. The number of amides is 2. The average molecular weight is 662 g/mol. The zero-order valence-electron chi connectivity index (χ0n) is 26.5. The van der Waals surface area contributed by atoms with Gasteiger partial charge in [0.15, 0.2) is 0 Å². The number of hydrogen-bond acceptors (Lipinski definition) is 5. The van der Waals surface area contributed by atoms with Crippen LogP contribution in [0.3, 0.4) is 0 Å². The molecule has 0 fully saturated rings. The molecule has 4 rings (SSSR count). The van der Waals surface area contributed by atoms with Crippen molar-refractivity contribution in [3.05, 3.63) is 125 Å². The van der Waals surface area contributed by atoms with E-state index in [-0.39, 0.29) is 41.2 Å². The number of hydrogen-bond donors (Lipinski definition) is 1. The minimum Gasteiger partial charge on any atom is -0.495 e. The minimum atomic E-state index is -4.25. The number of aryl methyl sites for hydroxylation is 1. The largest absolute Gasteiger partial charge is 0.495 e. The molecule has 0 unspecified atom stereocenters. The van der Waals surface area contributed by atoms with Gasteiger partial charge in [-0.3, -0.25) is 13.9 Å². The van der Waals surface area contributed by atoms with E-state index < -0.39 is 28.5 Å². The summed E-state index contributed by atoms with van der Waals surface area (Å²) in [6, 6.07) is 28.5. The standard InChI is InChI=1S/C36H40ClN3O5S/c1-5-27(3)38-36(42)33(23-28-12-8-6-9-13-28)39(24-29-17-19-30(37)20-18-29)35(41)25-40(32-22-26(2)16-21-34(32)45-4)46(43,44)31-14-10-7-11-15-31/h6-22,27,33H,5,23-25H2,1-4H3,(H,38,42)/t27-,33+/m0/s1. The summed E-state index contributed by atoms with van der Waals surface area (Å²) < 4.78 is 35.1. The van der Waals surface area contributed by atoms with E-state index in [9.17, 15) is 18.0 Å². The molecule has 0 bridgehead atoms. The first-order valence-electron chi connectivity index (χ1n) is 15.1. The molecule has 8 nitrogen and oxygen atoms in total. The highest BCUT2D eigenvalue weighted by atomic mass is 35.5. The number of nitrogens with one attached hydrogen (secondary N) is 1. The first kappa shape index (κ1) is 34.5. The van der Waals surface area contributed by atoms with Crippen molar-refractivity contribution in [2.24, 2.45) is 0 Å². The summed E-state index contributed by atoms with van der Waals surface area (Å²) >= 11 is 6.16. The van der Waals surface area contributed by atoms with E-state index in [4.69, 9.17) is 16.3 Å². The van der Waals surface area contributed by atoms with Gasteiger partial charge in [0.05, 0.1) is 17.7 Å². The maximum absolute atomic E-state index is 14.6. The van der Waals surface area contributed by atoms with E-state index >= 15 is 0 Å². The highest BCUT2D eigenvalue weighted by Crippen LogP contribution is 2.34. The average Bonchev–Trinajstić information content (AvgIpc) is 3.06. The molecule has 242 valence electrons. The minimum absolute atomic E-state index is 0.0194. The van der Waals surface area contributed by atoms with E-state index in [0.29, 0.717) is 11.4 Å². The molecule has 0 saturated carbocycles. The van der Waals surface area contributed by atoms with Gasteiger partial charge in [0, 0.05) is 24.0 Å². The van der Waals surface area contributed by atoms with Gasteiger partial charge in [-0.15, -0.1) is 0 Å². The Morgan fingerprint density at radius 2 is 1.52 bits per heavy atom. The fourth-order valence-electron chi connectivity index (χ4n) is 5.01. The van der Waals surface area contributed by atoms with Crippen molar-refractivity contribution in [2.45, 2.75) is 57.1 Å². The maximum atomic E-state index is 14.6. The number of carbonyl (C=O) groups is 2. The lowest BCUT2D eigenvalue weighted by Crippen LogP contribution is -2.54. The molecule has 1 N–H and O–H groups in total. The predicted molar refractivity (Wildman–Crippen MR) is 183 cm³/mol. The maximum Gasteiger partial charge on any atom is 0.264 e. The van der Waals surface area contributed by atoms with Gasteiger partial charge in [-0.2, -0.15) is 0 Å². The van der Waals surface area contributed by atoms with Crippen molar-refractivity contribution in [3.8, 4) is 5.75 Å². The van der Waals surface area contributed by atoms with E-state index in [1.165, 1.54) is 24.1 Å². The Bertz CT molecular complexity index is 1720. The molecule has 0 aliphatic carbocycles. The van der Waals surface area contributed by atoms with Crippen LogP contribution in [-0.2, 0) is 32.6 Å². The lowest BCUT2D eigenvalue weighted by molar-refractivity contribution is -0.140. The molecule has 0 saturated heterocycles. The topological polar surface area (TPSA) is 96.0 Å². The number of methoxy groups -OCH3 is 1. The molecule has 2 atom stereocenters. The molecule has 4 aromatic rings. The van der Waals surface area contributed by atoms with Crippen LogP contribution in [0.5, 0.6) is 5.75 Å². The van der Waals surface area contributed by atoms with Crippen LogP contribution < -0.4 is 14.4 Å². The first-order chi connectivity index (χ1) is 22.0.